The topological polar surface area (TPSA) is 38.3 Å². The van der Waals surface area contributed by atoms with Crippen molar-refractivity contribution in [3.63, 3.8) is 0 Å². The van der Waals surface area contributed by atoms with Crippen LogP contribution in [0.15, 0.2) is 18.2 Å². The number of methoxy groups -OCH3 is 1. The summed E-state index contributed by atoms with van der Waals surface area (Å²) in [5.74, 6) is 0.931. The molecule has 3 heteroatoms. The highest BCUT2D eigenvalue weighted by Gasteiger charge is 2.25. The van der Waals surface area contributed by atoms with E-state index in [4.69, 9.17) is 4.74 Å². The lowest BCUT2D eigenvalue weighted by molar-refractivity contribution is 0.0938. The average Bonchev–Trinajstić information content (AvgIpc) is 2.23. The first kappa shape index (κ1) is 9.21. The third kappa shape index (κ3) is 1.30. The van der Waals surface area contributed by atoms with Crippen molar-refractivity contribution in [2.45, 2.75) is 19.5 Å². The first-order valence-electron chi connectivity index (χ1n) is 4.67. The number of benzene rings is 1. The number of carbonyl (C=O) groups is 1. The van der Waals surface area contributed by atoms with Crippen LogP contribution in [-0.2, 0) is 6.54 Å². The summed E-state index contributed by atoms with van der Waals surface area (Å²) in [4.78, 5) is 11.8. The van der Waals surface area contributed by atoms with Crippen molar-refractivity contribution >= 4 is 5.78 Å². The maximum Gasteiger partial charge on any atom is 0.179 e. The number of fused-ring (bicyclic) bond motifs is 1. The van der Waals surface area contributed by atoms with Crippen molar-refractivity contribution in [3.05, 3.63) is 29.3 Å². The van der Waals surface area contributed by atoms with Gasteiger partial charge in [-0.15, -0.1) is 0 Å². The lowest BCUT2D eigenvalue weighted by Crippen LogP contribution is -2.38. The lowest BCUT2D eigenvalue weighted by atomic mass is 9.95. The normalized spacial score (nSPS) is 20.4. The van der Waals surface area contributed by atoms with Crippen LogP contribution in [0.3, 0.4) is 0 Å². The second-order valence-electron chi connectivity index (χ2n) is 3.45. The molecule has 14 heavy (non-hydrogen) atoms. The van der Waals surface area contributed by atoms with E-state index in [2.05, 4.69) is 5.32 Å². The zero-order chi connectivity index (χ0) is 10.1. The number of ketones is 1. The molecule has 3 nitrogen and oxygen atoms in total. The Morgan fingerprint density at radius 2 is 2.29 bits per heavy atom. The molecule has 0 radical (unpaired) electrons. The standard InChI is InChI=1S/C11H13NO2/c1-7-11(13)8-4-3-5-10(14-2)9(8)6-12-7/h3-5,7,12H,6H2,1-2H3. The van der Waals surface area contributed by atoms with Crippen LogP contribution in [0.5, 0.6) is 5.75 Å². The molecule has 1 N–H and O–H groups in total. The number of hydrogen-bond donors (Lipinski definition) is 1. The molecule has 1 aliphatic heterocycles. The van der Waals surface area contributed by atoms with E-state index in [0.717, 1.165) is 16.9 Å². The quantitative estimate of drug-likeness (QED) is 0.728. The van der Waals surface area contributed by atoms with E-state index in [1.165, 1.54) is 0 Å². The molecule has 0 aliphatic carbocycles. The number of nitrogens with one attached hydrogen (secondary N) is 1. The van der Waals surface area contributed by atoms with Crippen LogP contribution in [-0.4, -0.2) is 18.9 Å². The van der Waals surface area contributed by atoms with Crippen LogP contribution in [0.4, 0.5) is 0 Å². The number of carbonyl (C=O) groups excluding carboxylic acids is 1. The summed E-state index contributed by atoms with van der Waals surface area (Å²) < 4.78 is 5.20. The third-order valence-corrected chi connectivity index (χ3v) is 2.60. The van der Waals surface area contributed by atoms with Gasteiger partial charge >= 0.3 is 0 Å². The van der Waals surface area contributed by atoms with Crippen LogP contribution in [0, 0.1) is 0 Å². The number of ether oxygens (including phenoxy) is 1. The zero-order valence-electron chi connectivity index (χ0n) is 8.33. The Kier molecular flexibility index (Phi) is 2.25. The zero-order valence-corrected chi connectivity index (χ0v) is 8.33. The first-order chi connectivity index (χ1) is 6.74. The molecule has 1 atom stereocenters. The summed E-state index contributed by atoms with van der Waals surface area (Å²) in [6, 6.07) is 5.50. The van der Waals surface area contributed by atoms with Crippen LogP contribution in [0.25, 0.3) is 0 Å². The Labute approximate surface area is 83.1 Å². The fourth-order valence-electron chi connectivity index (χ4n) is 1.75. The van der Waals surface area contributed by atoms with Gasteiger partial charge in [0, 0.05) is 17.7 Å². The van der Waals surface area contributed by atoms with Crippen LogP contribution in [0.2, 0.25) is 0 Å². The van der Waals surface area contributed by atoms with Gasteiger partial charge in [0.05, 0.1) is 13.2 Å². The minimum Gasteiger partial charge on any atom is -0.496 e. The number of rotatable bonds is 1. The van der Waals surface area contributed by atoms with E-state index < -0.39 is 0 Å². The second kappa shape index (κ2) is 3.42. The van der Waals surface area contributed by atoms with E-state index in [9.17, 15) is 4.79 Å². The van der Waals surface area contributed by atoms with Crippen molar-refractivity contribution in [3.8, 4) is 5.75 Å². The number of hydrogen-bond acceptors (Lipinski definition) is 3. The summed E-state index contributed by atoms with van der Waals surface area (Å²) >= 11 is 0. The molecule has 0 amide bonds. The molecular formula is C11H13NO2. The van der Waals surface area contributed by atoms with Crippen molar-refractivity contribution in [1.82, 2.24) is 5.32 Å². The first-order valence-corrected chi connectivity index (χ1v) is 4.67. The van der Waals surface area contributed by atoms with Gasteiger partial charge in [0.15, 0.2) is 5.78 Å². The molecular weight excluding hydrogens is 178 g/mol. The molecule has 1 aromatic rings. The molecule has 1 aromatic carbocycles. The van der Waals surface area contributed by atoms with Gasteiger partial charge in [0.25, 0.3) is 0 Å². The molecule has 0 aromatic heterocycles. The molecule has 0 bridgehead atoms. The highest BCUT2D eigenvalue weighted by molar-refractivity contribution is 6.02. The molecule has 0 saturated carbocycles. The maximum absolute atomic E-state index is 11.8. The van der Waals surface area contributed by atoms with Crippen molar-refractivity contribution in [2.24, 2.45) is 0 Å². The minimum atomic E-state index is -0.0883. The van der Waals surface area contributed by atoms with Gasteiger partial charge in [0.1, 0.15) is 5.75 Å². The Bertz CT molecular complexity index is 374. The highest BCUT2D eigenvalue weighted by Crippen LogP contribution is 2.25. The largest absolute Gasteiger partial charge is 0.496 e. The molecule has 1 heterocycles. The summed E-state index contributed by atoms with van der Waals surface area (Å²) in [6.07, 6.45) is 0. The fraction of sp³-hybridized carbons (Fsp3) is 0.364. The van der Waals surface area contributed by atoms with Crippen molar-refractivity contribution in [1.29, 1.82) is 0 Å². The molecule has 1 aliphatic rings. The van der Waals surface area contributed by atoms with Gasteiger partial charge in [-0.1, -0.05) is 12.1 Å². The van der Waals surface area contributed by atoms with Crippen LogP contribution in [0.1, 0.15) is 22.8 Å². The predicted molar refractivity (Wildman–Crippen MR) is 53.6 cm³/mol. The number of Topliss-reactive ketones (excluding diaryl/α,β-unsaturated/α-hetero) is 1. The fourth-order valence-corrected chi connectivity index (χ4v) is 1.75. The van der Waals surface area contributed by atoms with Gasteiger partial charge in [-0.3, -0.25) is 4.79 Å². The summed E-state index contributed by atoms with van der Waals surface area (Å²) in [7, 11) is 1.62. The van der Waals surface area contributed by atoms with Gasteiger partial charge in [-0.2, -0.15) is 0 Å². The van der Waals surface area contributed by atoms with Crippen molar-refractivity contribution < 1.29 is 9.53 Å². The van der Waals surface area contributed by atoms with Gasteiger partial charge in [-0.25, -0.2) is 0 Å². The van der Waals surface area contributed by atoms with E-state index in [1.54, 1.807) is 7.11 Å². The van der Waals surface area contributed by atoms with Crippen molar-refractivity contribution in [2.75, 3.05) is 7.11 Å². The van der Waals surface area contributed by atoms with Gasteiger partial charge in [0.2, 0.25) is 0 Å². The maximum atomic E-state index is 11.8. The van der Waals surface area contributed by atoms with Crippen LogP contribution >= 0.6 is 0 Å². The Balaban J connectivity index is 2.52. The minimum absolute atomic E-state index is 0.0883. The van der Waals surface area contributed by atoms with Crippen LogP contribution < -0.4 is 10.1 Å². The Morgan fingerprint density at radius 1 is 1.50 bits per heavy atom. The van der Waals surface area contributed by atoms with E-state index in [-0.39, 0.29) is 11.8 Å². The highest BCUT2D eigenvalue weighted by atomic mass is 16.5. The van der Waals surface area contributed by atoms with E-state index >= 15 is 0 Å². The summed E-state index contributed by atoms with van der Waals surface area (Å²) in [5.41, 5.74) is 1.76. The molecule has 0 saturated heterocycles. The smallest absolute Gasteiger partial charge is 0.179 e. The average molecular weight is 191 g/mol. The lowest BCUT2D eigenvalue weighted by Gasteiger charge is -2.23. The monoisotopic (exact) mass is 191 g/mol. The van der Waals surface area contributed by atoms with E-state index in [1.807, 2.05) is 25.1 Å². The van der Waals surface area contributed by atoms with Gasteiger partial charge in [-0.05, 0) is 13.0 Å². The molecule has 0 fully saturated rings. The molecule has 2 rings (SSSR count). The Morgan fingerprint density at radius 3 is 3.00 bits per heavy atom. The molecule has 74 valence electrons. The molecule has 0 spiro atoms. The Hall–Kier alpha value is -1.35. The molecule has 1 unspecified atom stereocenters. The second-order valence-corrected chi connectivity index (χ2v) is 3.45. The predicted octanol–water partition coefficient (Wildman–Crippen LogP) is 1.37. The van der Waals surface area contributed by atoms with E-state index in [0.29, 0.717) is 6.54 Å². The van der Waals surface area contributed by atoms with Gasteiger partial charge < -0.3 is 10.1 Å². The third-order valence-electron chi connectivity index (χ3n) is 2.60. The summed E-state index contributed by atoms with van der Waals surface area (Å²) in [5, 5.41) is 3.13. The SMILES string of the molecule is COc1cccc2c1CNC(C)C2=O. The summed E-state index contributed by atoms with van der Waals surface area (Å²) in [6.45, 7) is 2.58.